The Hall–Kier alpha value is -4.73. The maximum absolute atomic E-state index is 13.6. The van der Waals surface area contributed by atoms with Gasteiger partial charge in [0.1, 0.15) is 36.1 Å². The summed E-state index contributed by atoms with van der Waals surface area (Å²) in [6, 6.07) is 17.0. The molecule has 1 fully saturated rings. The van der Waals surface area contributed by atoms with Crippen molar-refractivity contribution >= 4 is 45.5 Å². The second kappa shape index (κ2) is 18.3. The summed E-state index contributed by atoms with van der Waals surface area (Å²) in [5.41, 5.74) is 3.00. The zero-order chi connectivity index (χ0) is 35.3. The van der Waals surface area contributed by atoms with Crippen molar-refractivity contribution in [3.8, 4) is 17.6 Å². The number of unbranched alkanes of at least 4 members (excludes halogenated alkanes) is 3. The molecule has 3 aromatic carbocycles. The van der Waals surface area contributed by atoms with Crippen LogP contribution in [0.25, 0.3) is 10.9 Å². The Morgan fingerprint density at radius 2 is 2.04 bits per heavy atom. The van der Waals surface area contributed by atoms with E-state index in [4.69, 9.17) is 30.9 Å². The van der Waals surface area contributed by atoms with Crippen LogP contribution in [-0.2, 0) is 16.1 Å². The summed E-state index contributed by atoms with van der Waals surface area (Å²) >= 11 is 6.57. The lowest BCUT2D eigenvalue weighted by Crippen LogP contribution is -2.20. The molecule has 1 amide bonds. The summed E-state index contributed by atoms with van der Waals surface area (Å²) in [5, 5.41) is 26.1. The Bertz CT molecular complexity index is 1840. The van der Waals surface area contributed by atoms with Crippen molar-refractivity contribution in [1.29, 1.82) is 5.26 Å². The lowest BCUT2D eigenvalue weighted by atomic mass is 10.1. The molecule has 0 unspecified atom stereocenters. The Morgan fingerprint density at radius 3 is 2.80 bits per heavy atom. The molecule has 1 aromatic heterocycles. The van der Waals surface area contributed by atoms with Crippen molar-refractivity contribution in [2.75, 3.05) is 50.6 Å². The van der Waals surface area contributed by atoms with Crippen molar-refractivity contribution in [3.63, 3.8) is 0 Å². The maximum atomic E-state index is 13.6. The normalized spacial score (nSPS) is 14.3. The zero-order valence-corrected chi connectivity index (χ0v) is 28.7. The SMILES string of the molecule is CN(CC=CC(=O)Nc1cc2c(Nc3ccc(OCc4cccc(F)c4)c(Cl)c3)c(C#N)cnc2cc1O[C@H]1CCOC1)CCCCCCO. The molecule has 0 spiro atoms. The maximum Gasteiger partial charge on any atom is 0.248 e. The van der Waals surface area contributed by atoms with Gasteiger partial charge in [0.25, 0.3) is 0 Å². The molecule has 1 saturated heterocycles. The third kappa shape index (κ3) is 10.4. The fraction of sp³-hybridized carbons (Fsp3) is 0.342. The van der Waals surface area contributed by atoms with Gasteiger partial charge in [-0.3, -0.25) is 9.78 Å². The number of pyridine rings is 1. The largest absolute Gasteiger partial charge is 0.487 e. The number of anilines is 3. The van der Waals surface area contributed by atoms with E-state index >= 15 is 0 Å². The van der Waals surface area contributed by atoms with E-state index in [-0.39, 0.29) is 36.6 Å². The van der Waals surface area contributed by atoms with Gasteiger partial charge in [-0.25, -0.2) is 4.39 Å². The van der Waals surface area contributed by atoms with Crippen LogP contribution in [-0.4, -0.2) is 67.0 Å². The molecule has 50 heavy (non-hydrogen) atoms. The topological polar surface area (TPSA) is 129 Å². The van der Waals surface area contributed by atoms with Crippen molar-refractivity contribution in [2.45, 2.75) is 44.8 Å². The molecule has 0 bridgehead atoms. The summed E-state index contributed by atoms with van der Waals surface area (Å²) in [6.45, 7) is 2.89. The van der Waals surface area contributed by atoms with Crippen molar-refractivity contribution in [3.05, 3.63) is 94.9 Å². The highest BCUT2D eigenvalue weighted by atomic mass is 35.5. The van der Waals surface area contributed by atoms with Gasteiger partial charge in [0.15, 0.2) is 0 Å². The minimum Gasteiger partial charge on any atom is -0.487 e. The number of benzene rings is 3. The van der Waals surface area contributed by atoms with Crippen LogP contribution in [0, 0.1) is 17.1 Å². The summed E-state index contributed by atoms with van der Waals surface area (Å²) in [7, 11) is 2.00. The van der Waals surface area contributed by atoms with E-state index in [0.29, 0.717) is 76.2 Å². The highest BCUT2D eigenvalue weighted by Gasteiger charge is 2.21. The number of fused-ring (bicyclic) bond motifs is 1. The number of hydrogen-bond donors (Lipinski definition) is 3. The number of aromatic nitrogens is 1. The first-order valence-corrected chi connectivity index (χ1v) is 17.0. The van der Waals surface area contributed by atoms with E-state index in [9.17, 15) is 14.4 Å². The second-order valence-electron chi connectivity index (χ2n) is 12.1. The molecule has 5 rings (SSSR count). The Labute approximate surface area is 296 Å². The van der Waals surface area contributed by atoms with E-state index in [2.05, 4.69) is 26.6 Å². The monoisotopic (exact) mass is 701 g/mol. The molecule has 3 N–H and O–H groups in total. The summed E-state index contributed by atoms with van der Waals surface area (Å²) in [6.07, 6.45) is 9.23. The number of hydrogen-bond acceptors (Lipinski definition) is 9. The standard InChI is InChI=1S/C38H41ClFN5O5/c1-45(14-4-2-3-5-16-46)15-7-10-37(47)44-34-20-31-33(21-36(34)50-30-13-17-48-25-30)42-23-27(22-41)38(31)43-29-11-12-35(32(39)19-29)49-24-26-8-6-9-28(40)18-26/h6-12,18-21,23,30,46H,2-5,13-17,24-25H2,1H3,(H,42,43)(H,44,47)/t30-/m0/s1. The molecule has 12 heteroatoms. The van der Waals surface area contributed by atoms with Crippen molar-refractivity contribution in [1.82, 2.24) is 9.88 Å². The van der Waals surface area contributed by atoms with E-state index < -0.39 is 0 Å². The van der Waals surface area contributed by atoms with Gasteiger partial charge < -0.3 is 34.9 Å². The first-order chi connectivity index (χ1) is 24.3. The summed E-state index contributed by atoms with van der Waals surface area (Å²) < 4.78 is 31.2. The molecule has 4 aromatic rings. The van der Waals surface area contributed by atoms with Crippen LogP contribution in [0.2, 0.25) is 5.02 Å². The molecule has 262 valence electrons. The van der Waals surface area contributed by atoms with Gasteiger partial charge in [-0.1, -0.05) is 42.7 Å². The number of carbonyl (C=O) groups is 1. The van der Waals surface area contributed by atoms with Gasteiger partial charge in [-0.15, -0.1) is 0 Å². The average molecular weight is 702 g/mol. The first-order valence-electron chi connectivity index (χ1n) is 16.6. The van der Waals surface area contributed by atoms with Crippen LogP contribution in [0.3, 0.4) is 0 Å². The van der Waals surface area contributed by atoms with Crippen LogP contribution >= 0.6 is 11.6 Å². The van der Waals surface area contributed by atoms with E-state index in [1.165, 1.54) is 24.4 Å². The smallest absolute Gasteiger partial charge is 0.248 e. The van der Waals surface area contributed by atoms with Gasteiger partial charge in [0.05, 0.1) is 40.7 Å². The predicted molar refractivity (Wildman–Crippen MR) is 193 cm³/mol. The van der Waals surface area contributed by atoms with E-state index in [1.807, 2.05) is 13.1 Å². The number of ether oxygens (including phenoxy) is 3. The molecule has 0 radical (unpaired) electrons. The number of halogens is 2. The van der Waals surface area contributed by atoms with E-state index in [0.717, 1.165) is 32.2 Å². The molecule has 10 nitrogen and oxygen atoms in total. The molecule has 1 aliphatic heterocycles. The Morgan fingerprint density at radius 1 is 1.18 bits per heavy atom. The fourth-order valence-electron chi connectivity index (χ4n) is 5.50. The number of nitrogens with zero attached hydrogens (tertiary/aromatic N) is 3. The van der Waals surface area contributed by atoms with Crippen LogP contribution < -0.4 is 20.1 Å². The quantitative estimate of drug-likeness (QED) is 0.0764. The molecule has 0 aliphatic carbocycles. The molecule has 2 heterocycles. The van der Waals surface area contributed by atoms with Gasteiger partial charge in [-0.2, -0.15) is 5.26 Å². The molecule has 1 aliphatic rings. The number of amides is 1. The second-order valence-corrected chi connectivity index (χ2v) is 12.5. The zero-order valence-electron chi connectivity index (χ0n) is 28.0. The molecular weight excluding hydrogens is 661 g/mol. The van der Waals surface area contributed by atoms with E-state index in [1.54, 1.807) is 42.5 Å². The van der Waals surface area contributed by atoms with Crippen LogP contribution in [0.5, 0.6) is 11.5 Å². The Balaban J connectivity index is 1.35. The average Bonchev–Trinajstić information content (AvgIpc) is 3.61. The number of likely N-dealkylation sites (N-methyl/N-ethyl adjacent to an activating group) is 1. The van der Waals surface area contributed by atoms with Gasteiger partial charge in [-0.05, 0) is 68.4 Å². The number of nitrogens with one attached hydrogen (secondary N) is 2. The van der Waals surface area contributed by atoms with Gasteiger partial charge in [0.2, 0.25) is 5.91 Å². The van der Waals surface area contributed by atoms with Crippen molar-refractivity contribution < 1.29 is 28.5 Å². The molecule has 0 saturated carbocycles. The van der Waals surface area contributed by atoms with Gasteiger partial charge >= 0.3 is 0 Å². The van der Waals surface area contributed by atoms with Crippen LogP contribution in [0.1, 0.15) is 43.2 Å². The lowest BCUT2D eigenvalue weighted by molar-refractivity contribution is -0.111. The molecular formula is C38H41ClFN5O5. The first kappa shape index (κ1) is 36.5. The number of carbonyl (C=O) groups excluding carboxylic acids is 1. The number of aliphatic hydroxyl groups excluding tert-OH is 1. The fourth-order valence-corrected chi connectivity index (χ4v) is 5.74. The number of aliphatic hydroxyl groups is 1. The lowest BCUT2D eigenvalue weighted by Gasteiger charge is -2.19. The van der Waals surface area contributed by atoms with Crippen LogP contribution in [0.15, 0.2) is 72.9 Å². The number of nitriles is 1. The molecule has 1 atom stereocenters. The van der Waals surface area contributed by atoms with Crippen molar-refractivity contribution in [2.24, 2.45) is 0 Å². The van der Waals surface area contributed by atoms with Crippen LogP contribution in [0.4, 0.5) is 21.5 Å². The number of rotatable bonds is 17. The van der Waals surface area contributed by atoms with Gasteiger partial charge in [0, 0.05) is 49.0 Å². The minimum absolute atomic E-state index is 0.141. The third-order valence-electron chi connectivity index (χ3n) is 8.15. The third-order valence-corrected chi connectivity index (χ3v) is 8.44. The predicted octanol–water partition coefficient (Wildman–Crippen LogP) is 7.37. The minimum atomic E-state index is -0.347. The highest BCUT2D eigenvalue weighted by Crippen LogP contribution is 2.38. The Kier molecular flexibility index (Phi) is 13.4. The highest BCUT2D eigenvalue weighted by molar-refractivity contribution is 6.32. The summed E-state index contributed by atoms with van der Waals surface area (Å²) in [4.78, 5) is 19.8. The summed E-state index contributed by atoms with van der Waals surface area (Å²) in [5.74, 6) is 0.191.